The molecular weight excluding hydrogens is 236 g/mol. The Morgan fingerprint density at radius 2 is 1.83 bits per heavy atom. The van der Waals surface area contributed by atoms with E-state index in [1.165, 1.54) is 12.1 Å². The van der Waals surface area contributed by atoms with Crippen LogP contribution in [0, 0.1) is 10.1 Å². The van der Waals surface area contributed by atoms with Crippen LogP contribution >= 0.6 is 0 Å². The molecule has 1 aromatic rings. The maximum atomic E-state index is 11.5. The first-order valence-electron chi connectivity index (χ1n) is 5.73. The third-order valence-electron chi connectivity index (χ3n) is 2.53. The lowest BCUT2D eigenvalue weighted by Gasteiger charge is -2.17. The monoisotopic (exact) mass is 252 g/mol. The Bertz CT molecular complexity index is 413. The molecular formula is C12H16N2O4. The van der Waals surface area contributed by atoms with E-state index in [-0.39, 0.29) is 18.4 Å². The summed E-state index contributed by atoms with van der Waals surface area (Å²) in [4.78, 5) is 23.1. The third kappa shape index (κ3) is 3.73. The van der Waals surface area contributed by atoms with Gasteiger partial charge in [-0.2, -0.15) is 0 Å². The van der Waals surface area contributed by atoms with E-state index in [2.05, 4.69) is 0 Å². The van der Waals surface area contributed by atoms with Crippen LogP contribution in [0.15, 0.2) is 24.3 Å². The summed E-state index contributed by atoms with van der Waals surface area (Å²) in [6.45, 7) is 5.05. The number of benzene rings is 1. The van der Waals surface area contributed by atoms with E-state index in [9.17, 15) is 14.9 Å². The van der Waals surface area contributed by atoms with Crippen LogP contribution in [-0.2, 0) is 11.3 Å². The molecule has 0 radical (unpaired) electrons. The first-order valence-corrected chi connectivity index (χ1v) is 5.73. The number of non-ortho nitro benzene ring substituents is 1. The molecule has 6 heteroatoms. The van der Waals surface area contributed by atoms with Crippen molar-refractivity contribution in [2.45, 2.75) is 20.5 Å². The van der Waals surface area contributed by atoms with E-state index in [4.69, 9.17) is 4.74 Å². The molecule has 1 amide bonds. The molecule has 18 heavy (non-hydrogen) atoms. The maximum Gasteiger partial charge on any atom is 0.410 e. The number of amides is 1. The van der Waals surface area contributed by atoms with Crippen LogP contribution in [0.25, 0.3) is 0 Å². The van der Waals surface area contributed by atoms with Crippen LogP contribution in [-0.4, -0.2) is 29.0 Å². The van der Waals surface area contributed by atoms with Crippen LogP contribution in [0.1, 0.15) is 19.4 Å². The number of nitrogens with zero attached hydrogens (tertiary/aromatic N) is 2. The Morgan fingerprint density at radius 1 is 1.28 bits per heavy atom. The lowest BCUT2D eigenvalue weighted by atomic mass is 10.2. The molecule has 6 nitrogen and oxygen atoms in total. The highest BCUT2D eigenvalue weighted by Crippen LogP contribution is 2.12. The Balaban J connectivity index is 2.53. The van der Waals surface area contributed by atoms with E-state index in [1.807, 2.05) is 13.8 Å². The van der Waals surface area contributed by atoms with Gasteiger partial charge >= 0.3 is 6.09 Å². The van der Waals surface area contributed by atoms with Crippen LogP contribution in [0.3, 0.4) is 0 Å². The summed E-state index contributed by atoms with van der Waals surface area (Å²) in [5, 5.41) is 10.5. The maximum absolute atomic E-state index is 11.5. The summed E-state index contributed by atoms with van der Waals surface area (Å²) in [5.41, 5.74) is 0.745. The molecule has 0 fully saturated rings. The van der Waals surface area contributed by atoms with Gasteiger partial charge in [-0.1, -0.05) is 0 Å². The first kappa shape index (κ1) is 14.0. The van der Waals surface area contributed by atoms with Crippen molar-refractivity contribution in [3.8, 4) is 0 Å². The van der Waals surface area contributed by atoms with Crippen LogP contribution in [0.4, 0.5) is 10.5 Å². The molecule has 0 heterocycles. The highest BCUT2D eigenvalue weighted by atomic mass is 16.6. The molecule has 0 aromatic heterocycles. The molecule has 1 rings (SSSR count). The molecule has 0 bridgehead atoms. The van der Waals surface area contributed by atoms with Gasteiger partial charge in [0.15, 0.2) is 0 Å². The zero-order valence-corrected chi connectivity index (χ0v) is 10.5. The number of hydrogen-bond donors (Lipinski definition) is 0. The van der Waals surface area contributed by atoms with Crippen molar-refractivity contribution in [2.75, 3.05) is 13.1 Å². The van der Waals surface area contributed by atoms with Gasteiger partial charge in [0.2, 0.25) is 0 Å². The number of nitro groups is 1. The summed E-state index contributed by atoms with van der Waals surface area (Å²) in [6.07, 6.45) is -0.377. The highest BCUT2D eigenvalue weighted by Gasteiger charge is 2.11. The average Bonchev–Trinajstić information content (AvgIpc) is 2.38. The van der Waals surface area contributed by atoms with Crippen LogP contribution in [0.2, 0.25) is 0 Å². The van der Waals surface area contributed by atoms with Gasteiger partial charge < -0.3 is 9.64 Å². The Morgan fingerprint density at radius 3 is 2.28 bits per heavy atom. The fourth-order valence-electron chi connectivity index (χ4n) is 1.43. The van der Waals surface area contributed by atoms with Gasteiger partial charge in [0.1, 0.15) is 6.61 Å². The van der Waals surface area contributed by atoms with Crippen molar-refractivity contribution in [1.29, 1.82) is 0 Å². The number of rotatable bonds is 5. The molecule has 0 aliphatic heterocycles. The smallest absolute Gasteiger partial charge is 0.410 e. The van der Waals surface area contributed by atoms with E-state index >= 15 is 0 Å². The van der Waals surface area contributed by atoms with Crippen LogP contribution in [0.5, 0.6) is 0 Å². The molecule has 1 aromatic carbocycles. The summed E-state index contributed by atoms with van der Waals surface area (Å²) in [7, 11) is 0. The zero-order chi connectivity index (χ0) is 13.5. The molecule has 98 valence electrons. The molecule has 0 unspecified atom stereocenters. The number of nitro benzene ring substituents is 1. The Labute approximate surface area is 105 Å². The predicted molar refractivity (Wildman–Crippen MR) is 66.2 cm³/mol. The molecule has 0 aliphatic rings. The second-order valence-corrected chi connectivity index (χ2v) is 3.65. The van der Waals surface area contributed by atoms with Gasteiger partial charge in [-0.25, -0.2) is 4.79 Å². The molecule has 0 saturated carbocycles. The van der Waals surface area contributed by atoms with Crippen molar-refractivity contribution < 1.29 is 14.5 Å². The second-order valence-electron chi connectivity index (χ2n) is 3.65. The van der Waals surface area contributed by atoms with Crippen molar-refractivity contribution in [3.05, 3.63) is 39.9 Å². The van der Waals surface area contributed by atoms with Crippen molar-refractivity contribution >= 4 is 11.8 Å². The van der Waals surface area contributed by atoms with Crippen molar-refractivity contribution in [3.63, 3.8) is 0 Å². The lowest BCUT2D eigenvalue weighted by Crippen LogP contribution is -2.30. The zero-order valence-electron chi connectivity index (χ0n) is 10.5. The van der Waals surface area contributed by atoms with E-state index in [0.29, 0.717) is 13.1 Å². The summed E-state index contributed by atoms with van der Waals surface area (Å²) in [6, 6.07) is 5.93. The minimum atomic E-state index is -0.467. The Kier molecular flexibility index (Phi) is 5.10. The molecule has 0 spiro atoms. The van der Waals surface area contributed by atoms with E-state index in [0.717, 1.165) is 5.56 Å². The number of ether oxygens (including phenoxy) is 1. The largest absolute Gasteiger partial charge is 0.445 e. The highest BCUT2D eigenvalue weighted by molar-refractivity contribution is 5.67. The van der Waals surface area contributed by atoms with Crippen molar-refractivity contribution in [1.82, 2.24) is 4.90 Å². The number of carbonyl (C=O) groups excluding carboxylic acids is 1. The van der Waals surface area contributed by atoms with Gasteiger partial charge in [0.25, 0.3) is 5.69 Å². The fraction of sp³-hybridized carbons (Fsp3) is 0.417. The van der Waals surface area contributed by atoms with Crippen molar-refractivity contribution in [2.24, 2.45) is 0 Å². The summed E-state index contributed by atoms with van der Waals surface area (Å²) >= 11 is 0. The van der Waals surface area contributed by atoms with Gasteiger partial charge in [-0.15, -0.1) is 0 Å². The minimum absolute atomic E-state index is 0.0221. The van der Waals surface area contributed by atoms with Gasteiger partial charge in [-0.3, -0.25) is 10.1 Å². The lowest BCUT2D eigenvalue weighted by molar-refractivity contribution is -0.384. The first-order chi connectivity index (χ1) is 8.58. The van der Waals surface area contributed by atoms with Crippen LogP contribution < -0.4 is 0 Å². The third-order valence-corrected chi connectivity index (χ3v) is 2.53. The normalized spacial score (nSPS) is 9.89. The minimum Gasteiger partial charge on any atom is -0.445 e. The van der Waals surface area contributed by atoms with E-state index < -0.39 is 4.92 Å². The molecule has 0 N–H and O–H groups in total. The van der Waals surface area contributed by atoms with Gasteiger partial charge in [0, 0.05) is 25.2 Å². The summed E-state index contributed by atoms with van der Waals surface area (Å²) in [5.74, 6) is 0. The quantitative estimate of drug-likeness (QED) is 0.596. The fourth-order valence-corrected chi connectivity index (χ4v) is 1.43. The summed E-state index contributed by atoms with van der Waals surface area (Å²) < 4.78 is 5.09. The Hall–Kier alpha value is -2.11. The molecule has 0 atom stereocenters. The van der Waals surface area contributed by atoms with E-state index in [1.54, 1.807) is 17.0 Å². The standard InChI is InChI=1S/C12H16N2O4/c1-3-13(4-2)12(15)18-9-10-5-7-11(8-6-10)14(16)17/h5-8H,3-4,9H2,1-2H3. The average molecular weight is 252 g/mol. The predicted octanol–water partition coefficient (Wildman–Crippen LogP) is 2.57. The second kappa shape index (κ2) is 6.58. The number of hydrogen-bond acceptors (Lipinski definition) is 4. The SMILES string of the molecule is CCN(CC)C(=O)OCc1ccc([N+](=O)[O-])cc1. The molecule has 0 aliphatic carbocycles. The van der Waals surface area contributed by atoms with Gasteiger partial charge in [-0.05, 0) is 31.5 Å². The topological polar surface area (TPSA) is 72.7 Å². The van der Waals surface area contributed by atoms with Gasteiger partial charge in [0.05, 0.1) is 4.92 Å². The molecule has 0 saturated heterocycles. The number of carbonyl (C=O) groups is 1.